The highest BCUT2D eigenvalue weighted by atomic mass is 32.2. The fraction of sp³-hybridized carbons (Fsp3) is 0.583. The predicted molar refractivity (Wildman–Crippen MR) is 74.2 cm³/mol. The lowest BCUT2D eigenvalue weighted by Crippen LogP contribution is -2.39. The summed E-state index contributed by atoms with van der Waals surface area (Å²) in [7, 11) is -2.57. The Labute approximate surface area is 121 Å². The Hall–Kier alpha value is -0.960. The second-order valence-corrected chi connectivity index (χ2v) is 7.34. The molecule has 0 saturated heterocycles. The van der Waals surface area contributed by atoms with Gasteiger partial charge in [-0.25, -0.2) is 17.9 Å². The molecule has 1 saturated carbocycles. The van der Waals surface area contributed by atoms with Crippen LogP contribution in [0.1, 0.15) is 35.4 Å². The summed E-state index contributed by atoms with van der Waals surface area (Å²) in [5.74, 6) is -0.663. The second-order valence-electron chi connectivity index (χ2n) is 4.74. The van der Waals surface area contributed by atoms with E-state index < -0.39 is 22.1 Å². The first kappa shape index (κ1) is 15.4. The van der Waals surface area contributed by atoms with Gasteiger partial charge < -0.3 is 9.84 Å². The van der Waals surface area contributed by atoms with Crippen molar-refractivity contribution >= 4 is 27.3 Å². The predicted octanol–water partition coefficient (Wildman–Crippen LogP) is 1.12. The van der Waals surface area contributed by atoms with E-state index in [0.717, 1.165) is 17.8 Å². The second kappa shape index (κ2) is 6.21. The highest BCUT2D eigenvalue weighted by Gasteiger charge is 2.29. The molecule has 112 valence electrons. The van der Waals surface area contributed by atoms with Crippen LogP contribution in [0.15, 0.2) is 16.3 Å². The number of sulfonamides is 1. The molecule has 0 unspecified atom stereocenters. The van der Waals surface area contributed by atoms with Gasteiger partial charge in [0.25, 0.3) is 0 Å². The molecule has 1 aliphatic carbocycles. The van der Waals surface area contributed by atoms with Crippen LogP contribution < -0.4 is 4.72 Å². The topological polar surface area (TPSA) is 92.7 Å². The van der Waals surface area contributed by atoms with Gasteiger partial charge in [0.05, 0.1) is 13.2 Å². The number of methoxy groups -OCH3 is 1. The van der Waals surface area contributed by atoms with Gasteiger partial charge in [-0.3, -0.25) is 0 Å². The van der Waals surface area contributed by atoms with Crippen molar-refractivity contribution in [1.82, 2.24) is 4.72 Å². The molecule has 1 aromatic rings. The average molecular weight is 319 g/mol. The van der Waals surface area contributed by atoms with Gasteiger partial charge in [-0.1, -0.05) is 0 Å². The molecule has 6 nitrogen and oxygen atoms in total. The molecule has 8 heteroatoms. The Kier molecular flexibility index (Phi) is 4.79. The largest absolute Gasteiger partial charge is 0.465 e. The number of esters is 1. The van der Waals surface area contributed by atoms with Gasteiger partial charge in [0.1, 0.15) is 9.77 Å². The highest BCUT2D eigenvalue weighted by molar-refractivity contribution is 7.89. The van der Waals surface area contributed by atoms with E-state index in [1.807, 2.05) is 0 Å². The number of nitrogens with one attached hydrogen (secondary N) is 1. The maximum absolute atomic E-state index is 12.3. The van der Waals surface area contributed by atoms with Crippen molar-refractivity contribution < 1.29 is 23.1 Å². The summed E-state index contributed by atoms with van der Waals surface area (Å²) in [6.07, 6.45) is 2.09. The maximum atomic E-state index is 12.3. The lowest BCUT2D eigenvalue weighted by Gasteiger charge is -2.26. The number of hydrogen-bond donors (Lipinski definition) is 2. The van der Waals surface area contributed by atoms with Crippen molar-refractivity contribution in [1.29, 1.82) is 0 Å². The summed E-state index contributed by atoms with van der Waals surface area (Å²) < 4.78 is 31.8. The third-order valence-corrected chi connectivity index (χ3v) is 5.84. The number of carbonyl (C=O) groups is 1. The normalized spacial score (nSPS) is 23.5. The van der Waals surface area contributed by atoms with E-state index in [4.69, 9.17) is 0 Å². The number of aliphatic hydroxyl groups is 1. The number of rotatable bonds is 4. The van der Waals surface area contributed by atoms with Crippen molar-refractivity contribution in [2.45, 2.75) is 42.7 Å². The van der Waals surface area contributed by atoms with Crippen LogP contribution in [0.3, 0.4) is 0 Å². The minimum absolute atomic E-state index is 0.0607. The van der Waals surface area contributed by atoms with E-state index in [9.17, 15) is 18.3 Å². The highest BCUT2D eigenvalue weighted by Crippen LogP contribution is 2.25. The van der Waals surface area contributed by atoms with Gasteiger partial charge in [0.2, 0.25) is 10.0 Å². The number of carbonyl (C=O) groups excluding carboxylic acids is 1. The molecule has 0 aliphatic heterocycles. The van der Waals surface area contributed by atoms with Crippen LogP contribution in [-0.2, 0) is 14.8 Å². The maximum Gasteiger partial charge on any atom is 0.349 e. The molecule has 2 rings (SSSR count). The van der Waals surface area contributed by atoms with Crippen LogP contribution in [0.5, 0.6) is 0 Å². The first-order valence-electron chi connectivity index (χ1n) is 6.30. The van der Waals surface area contributed by atoms with Gasteiger partial charge in [0.15, 0.2) is 0 Å². The Balaban J connectivity index is 2.18. The Bertz CT molecular complexity index is 580. The number of thiophene rings is 1. The molecule has 1 fully saturated rings. The molecule has 2 atom stereocenters. The Morgan fingerprint density at radius 1 is 1.50 bits per heavy atom. The molecule has 0 radical (unpaired) electrons. The number of hydrogen-bond acceptors (Lipinski definition) is 6. The van der Waals surface area contributed by atoms with Crippen LogP contribution in [0.4, 0.5) is 0 Å². The molecule has 1 aliphatic rings. The molecule has 1 aromatic heterocycles. The summed E-state index contributed by atoms with van der Waals surface area (Å²) >= 11 is 1.03. The summed E-state index contributed by atoms with van der Waals surface area (Å²) in [5, 5.41) is 11.1. The van der Waals surface area contributed by atoms with Gasteiger partial charge in [-0.05, 0) is 37.1 Å². The third kappa shape index (κ3) is 3.38. The van der Waals surface area contributed by atoms with E-state index in [-0.39, 0.29) is 15.8 Å². The fourth-order valence-corrected chi connectivity index (χ4v) is 4.92. The molecule has 0 bridgehead atoms. The fourth-order valence-electron chi connectivity index (χ4n) is 2.30. The van der Waals surface area contributed by atoms with E-state index >= 15 is 0 Å². The molecular formula is C12H17NO5S2. The zero-order valence-electron chi connectivity index (χ0n) is 11.0. The first-order valence-corrected chi connectivity index (χ1v) is 8.66. The van der Waals surface area contributed by atoms with E-state index in [1.54, 1.807) is 0 Å². The molecule has 0 spiro atoms. The monoisotopic (exact) mass is 319 g/mol. The SMILES string of the molecule is COC(=O)c1sccc1S(=O)(=O)N[C@@H]1CCC[C@@H](O)C1. The molecule has 0 amide bonds. The van der Waals surface area contributed by atoms with E-state index in [0.29, 0.717) is 19.3 Å². The lowest BCUT2D eigenvalue weighted by molar-refractivity contribution is 0.0602. The van der Waals surface area contributed by atoms with Crippen molar-refractivity contribution in [3.8, 4) is 0 Å². The minimum Gasteiger partial charge on any atom is -0.465 e. The molecular weight excluding hydrogens is 302 g/mol. The quantitative estimate of drug-likeness (QED) is 0.811. The van der Waals surface area contributed by atoms with E-state index in [2.05, 4.69) is 9.46 Å². The van der Waals surface area contributed by atoms with Crippen molar-refractivity contribution in [2.75, 3.05) is 7.11 Å². The zero-order chi connectivity index (χ0) is 14.8. The summed E-state index contributed by atoms with van der Waals surface area (Å²) in [4.78, 5) is 11.5. The first-order chi connectivity index (χ1) is 9.44. The van der Waals surface area contributed by atoms with Crippen LogP contribution >= 0.6 is 11.3 Å². The number of ether oxygens (including phenoxy) is 1. The van der Waals surface area contributed by atoms with Crippen LogP contribution in [0.25, 0.3) is 0 Å². The minimum atomic E-state index is -3.78. The Morgan fingerprint density at radius 3 is 2.90 bits per heavy atom. The molecule has 20 heavy (non-hydrogen) atoms. The van der Waals surface area contributed by atoms with Gasteiger partial charge in [-0.2, -0.15) is 0 Å². The van der Waals surface area contributed by atoms with Crippen LogP contribution in [0.2, 0.25) is 0 Å². The molecule has 0 aromatic carbocycles. The van der Waals surface area contributed by atoms with Crippen molar-refractivity contribution in [3.05, 3.63) is 16.3 Å². The zero-order valence-corrected chi connectivity index (χ0v) is 12.7. The van der Waals surface area contributed by atoms with Gasteiger partial charge in [0, 0.05) is 6.04 Å². The van der Waals surface area contributed by atoms with Crippen molar-refractivity contribution in [3.63, 3.8) is 0 Å². The lowest BCUT2D eigenvalue weighted by atomic mass is 9.94. The molecule has 1 heterocycles. The van der Waals surface area contributed by atoms with Gasteiger partial charge >= 0.3 is 5.97 Å². The van der Waals surface area contributed by atoms with E-state index in [1.165, 1.54) is 18.6 Å². The average Bonchev–Trinajstić information content (AvgIpc) is 2.87. The Morgan fingerprint density at radius 2 is 2.25 bits per heavy atom. The number of aliphatic hydroxyl groups excluding tert-OH is 1. The smallest absolute Gasteiger partial charge is 0.349 e. The summed E-state index contributed by atoms with van der Waals surface area (Å²) in [6.45, 7) is 0. The van der Waals surface area contributed by atoms with Crippen molar-refractivity contribution in [2.24, 2.45) is 0 Å². The summed E-state index contributed by atoms with van der Waals surface area (Å²) in [5.41, 5.74) is 0. The third-order valence-electron chi connectivity index (χ3n) is 3.26. The van der Waals surface area contributed by atoms with Crippen LogP contribution in [-0.4, -0.2) is 38.7 Å². The standard InChI is InChI=1S/C12H17NO5S2/c1-18-12(15)11-10(5-6-19-11)20(16,17)13-8-3-2-4-9(14)7-8/h5-6,8-9,13-14H,2-4,7H2,1H3/t8-,9-/m1/s1. The van der Waals surface area contributed by atoms with Crippen LogP contribution in [0, 0.1) is 0 Å². The molecule has 2 N–H and O–H groups in total. The summed E-state index contributed by atoms with van der Waals surface area (Å²) in [6, 6.07) is 1.09. The van der Waals surface area contributed by atoms with Gasteiger partial charge in [-0.15, -0.1) is 11.3 Å².